The monoisotopic (exact) mass is 456 g/mol. The van der Waals surface area contributed by atoms with E-state index >= 15 is 0 Å². The minimum atomic E-state index is -0.789. The van der Waals surface area contributed by atoms with Gasteiger partial charge in [0.1, 0.15) is 0 Å². The number of aromatic nitrogens is 1. The number of nitrogens with one attached hydrogen (secondary N) is 1. The number of hydrogen-bond acceptors (Lipinski definition) is 6. The lowest BCUT2D eigenvalue weighted by molar-refractivity contribution is -0.385. The van der Waals surface area contributed by atoms with Crippen LogP contribution in [0.2, 0.25) is 0 Å². The predicted molar refractivity (Wildman–Crippen MR) is 131 cm³/mol. The van der Waals surface area contributed by atoms with E-state index in [-0.39, 0.29) is 24.5 Å². The molecule has 0 amide bonds. The van der Waals surface area contributed by atoms with Gasteiger partial charge in [0.05, 0.1) is 22.5 Å². The average molecular weight is 456 g/mol. The van der Waals surface area contributed by atoms with Gasteiger partial charge in [-0.3, -0.25) is 20.2 Å². The summed E-state index contributed by atoms with van der Waals surface area (Å²) in [5, 5.41) is 40.0. The van der Waals surface area contributed by atoms with Gasteiger partial charge >= 0.3 is 0 Å². The van der Waals surface area contributed by atoms with Gasteiger partial charge in [-0.2, -0.15) is 0 Å². The Kier molecular flexibility index (Phi) is 5.31. The van der Waals surface area contributed by atoms with Crippen LogP contribution in [0.15, 0.2) is 78.9 Å². The van der Waals surface area contributed by atoms with Crippen LogP contribution in [0.25, 0.3) is 32.6 Å². The molecule has 2 N–H and O–H groups in total. The molecule has 0 saturated heterocycles. The summed E-state index contributed by atoms with van der Waals surface area (Å²) in [5.74, 6) is 0. The summed E-state index contributed by atoms with van der Waals surface area (Å²) in [6.45, 7) is 0.475. The Balaban J connectivity index is 1.49. The summed E-state index contributed by atoms with van der Waals surface area (Å²) in [4.78, 5) is 21.6. The Bertz CT molecular complexity index is 1500. The fourth-order valence-electron chi connectivity index (χ4n) is 4.39. The maximum Gasteiger partial charge on any atom is 0.270 e. The molecule has 1 heterocycles. The molecule has 0 aliphatic carbocycles. The summed E-state index contributed by atoms with van der Waals surface area (Å²) in [6.07, 6.45) is -0.789. The molecule has 34 heavy (non-hydrogen) atoms. The molecule has 5 aromatic rings. The first kappa shape index (κ1) is 21.4. The fourth-order valence-corrected chi connectivity index (χ4v) is 4.39. The first-order chi connectivity index (χ1) is 16.4. The van der Waals surface area contributed by atoms with E-state index in [0.717, 1.165) is 16.5 Å². The molecule has 0 aliphatic heterocycles. The number of nitro groups is 2. The van der Waals surface area contributed by atoms with Crippen LogP contribution >= 0.6 is 0 Å². The molecule has 0 radical (unpaired) electrons. The van der Waals surface area contributed by atoms with Gasteiger partial charge in [-0.15, -0.1) is 0 Å². The molecule has 1 atom stereocenters. The van der Waals surface area contributed by atoms with Crippen molar-refractivity contribution in [2.45, 2.75) is 12.6 Å². The van der Waals surface area contributed by atoms with Gasteiger partial charge in [-0.25, -0.2) is 0 Å². The van der Waals surface area contributed by atoms with Crippen molar-refractivity contribution in [3.63, 3.8) is 0 Å². The molecular weight excluding hydrogens is 436 g/mol. The zero-order valence-electron chi connectivity index (χ0n) is 17.9. The van der Waals surface area contributed by atoms with Crippen LogP contribution in [-0.2, 0) is 6.54 Å². The summed E-state index contributed by atoms with van der Waals surface area (Å²) in [7, 11) is 0. The number of benzene rings is 4. The quantitative estimate of drug-likeness (QED) is 0.255. The zero-order valence-corrected chi connectivity index (χ0v) is 17.9. The summed E-state index contributed by atoms with van der Waals surface area (Å²) < 4.78 is 1.84. The average Bonchev–Trinajstić information content (AvgIpc) is 3.14. The van der Waals surface area contributed by atoms with Crippen molar-refractivity contribution in [1.29, 1.82) is 0 Å². The summed E-state index contributed by atoms with van der Waals surface area (Å²) in [5.41, 5.74) is 2.02. The number of hydrogen-bond donors (Lipinski definition) is 2. The maximum atomic E-state index is 11.3. The second kappa shape index (κ2) is 8.45. The fraction of sp³-hybridized carbons (Fsp3) is 0.120. The van der Waals surface area contributed by atoms with E-state index in [1.807, 2.05) is 47.0 Å². The molecule has 170 valence electrons. The molecule has 0 bridgehead atoms. The van der Waals surface area contributed by atoms with E-state index in [2.05, 4.69) is 5.32 Å². The number of rotatable bonds is 7. The van der Waals surface area contributed by atoms with Gasteiger partial charge in [-0.05, 0) is 23.6 Å². The number of nitrogens with zero attached hydrogens (tertiary/aromatic N) is 3. The van der Waals surface area contributed by atoms with E-state index in [0.29, 0.717) is 21.8 Å². The summed E-state index contributed by atoms with van der Waals surface area (Å²) >= 11 is 0. The topological polar surface area (TPSA) is 123 Å². The normalized spacial score (nSPS) is 12.3. The third-order valence-electron chi connectivity index (χ3n) is 5.96. The molecule has 0 spiro atoms. The van der Waals surface area contributed by atoms with Crippen LogP contribution in [0.1, 0.15) is 0 Å². The number of nitro benzene ring substituents is 2. The molecule has 4 aromatic carbocycles. The Morgan fingerprint density at radius 1 is 0.794 bits per heavy atom. The third kappa shape index (κ3) is 3.78. The van der Waals surface area contributed by atoms with Crippen molar-refractivity contribution in [1.82, 2.24) is 4.57 Å². The van der Waals surface area contributed by atoms with Gasteiger partial charge < -0.3 is 15.0 Å². The largest absolute Gasteiger partial charge is 0.389 e. The SMILES string of the molecule is O=[N+]([O-])c1ccc2c(c1)c1cc([N+](=O)[O-])ccc1n2CC(O)CNc1cccc2ccccc12. The Hall–Kier alpha value is -4.50. The predicted octanol–water partition coefficient (Wildman–Crippen LogP) is 5.24. The molecule has 9 heteroatoms. The molecule has 0 aliphatic rings. The Labute approximate surface area is 193 Å². The number of non-ortho nitro benzene ring substituents is 2. The highest BCUT2D eigenvalue weighted by Gasteiger charge is 2.19. The molecule has 0 fully saturated rings. The lowest BCUT2D eigenvalue weighted by Gasteiger charge is -2.16. The van der Waals surface area contributed by atoms with Crippen molar-refractivity contribution in [3.05, 3.63) is 99.1 Å². The lowest BCUT2D eigenvalue weighted by atomic mass is 10.1. The zero-order chi connectivity index (χ0) is 23.8. The number of fused-ring (bicyclic) bond motifs is 4. The van der Waals surface area contributed by atoms with Crippen LogP contribution in [0, 0.1) is 20.2 Å². The van der Waals surface area contributed by atoms with E-state index < -0.39 is 16.0 Å². The van der Waals surface area contributed by atoms with Crippen molar-refractivity contribution < 1.29 is 15.0 Å². The van der Waals surface area contributed by atoms with Gasteiger partial charge in [0, 0.05) is 63.7 Å². The van der Waals surface area contributed by atoms with Crippen molar-refractivity contribution in [2.75, 3.05) is 11.9 Å². The van der Waals surface area contributed by atoms with Gasteiger partial charge in [0.25, 0.3) is 11.4 Å². The minimum Gasteiger partial charge on any atom is -0.389 e. The maximum absolute atomic E-state index is 11.3. The smallest absolute Gasteiger partial charge is 0.270 e. The molecular formula is C25H20N4O5. The van der Waals surface area contributed by atoms with Crippen molar-refractivity contribution in [2.24, 2.45) is 0 Å². The molecule has 5 rings (SSSR count). The number of aliphatic hydroxyl groups is 1. The lowest BCUT2D eigenvalue weighted by Crippen LogP contribution is -2.24. The molecule has 0 saturated carbocycles. The second-order valence-electron chi connectivity index (χ2n) is 8.09. The van der Waals surface area contributed by atoms with Gasteiger partial charge in [0.2, 0.25) is 0 Å². The van der Waals surface area contributed by atoms with Crippen LogP contribution in [0.3, 0.4) is 0 Å². The van der Waals surface area contributed by atoms with Crippen molar-refractivity contribution in [3.8, 4) is 0 Å². The number of anilines is 1. The van der Waals surface area contributed by atoms with Crippen LogP contribution < -0.4 is 5.32 Å². The van der Waals surface area contributed by atoms with Crippen LogP contribution in [-0.4, -0.2) is 32.2 Å². The van der Waals surface area contributed by atoms with E-state index in [1.165, 1.54) is 24.3 Å². The van der Waals surface area contributed by atoms with Gasteiger partial charge in [-0.1, -0.05) is 36.4 Å². The first-order valence-corrected chi connectivity index (χ1v) is 10.7. The Morgan fingerprint density at radius 3 is 2.00 bits per heavy atom. The first-order valence-electron chi connectivity index (χ1n) is 10.7. The molecule has 9 nitrogen and oxygen atoms in total. The Morgan fingerprint density at radius 2 is 1.38 bits per heavy atom. The standard InChI is InChI=1S/C25H20N4O5/c30-19(14-26-23-7-3-5-16-4-1-2-6-20(16)23)15-27-24-10-8-17(28(31)32)12-21(24)22-13-18(29(33)34)9-11-25(22)27/h1-13,19,26,30H,14-15H2. The highest BCUT2D eigenvalue weighted by Crippen LogP contribution is 2.34. The van der Waals surface area contributed by atoms with Crippen LogP contribution in [0.4, 0.5) is 17.1 Å². The van der Waals surface area contributed by atoms with Crippen molar-refractivity contribution >= 4 is 49.6 Å². The minimum absolute atomic E-state index is 0.101. The second-order valence-corrected chi connectivity index (χ2v) is 8.09. The van der Waals surface area contributed by atoms with Gasteiger partial charge in [0.15, 0.2) is 0 Å². The highest BCUT2D eigenvalue weighted by molar-refractivity contribution is 6.09. The summed E-state index contributed by atoms with van der Waals surface area (Å²) in [6, 6.07) is 22.7. The third-order valence-corrected chi connectivity index (χ3v) is 5.96. The number of aliphatic hydroxyl groups excluding tert-OH is 1. The van der Waals surface area contributed by atoms with E-state index in [4.69, 9.17) is 0 Å². The molecule has 1 aromatic heterocycles. The van der Waals surface area contributed by atoms with E-state index in [1.54, 1.807) is 12.1 Å². The highest BCUT2D eigenvalue weighted by atomic mass is 16.6. The van der Waals surface area contributed by atoms with Crippen LogP contribution in [0.5, 0.6) is 0 Å². The van der Waals surface area contributed by atoms with E-state index in [9.17, 15) is 25.3 Å². The molecule has 1 unspecified atom stereocenters.